The lowest BCUT2D eigenvalue weighted by Gasteiger charge is -2.32. The summed E-state index contributed by atoms with van der Waals surface area (Å²) in [6.07, 6.45) is 4.94. The Kier molecular flexibility index (Phi) is 9.03. The maximum atomic E-state index is 12.3. The molecule has 2 rings (SSSR count). The van der Waals surface area contributed by atoms with Gasteiger partial charge in [0.25, 0.3) is 0 Å². The molecule has 1 N–H and O–H groups in total. The van der Waals surface area contributed by atoms with Gasteiger partial charge in [0.15, 0.2) is 0 Å². The van der Waals surface area contributed by atoms with E-state index in [0.29, 0.717) is 12.3 Å². The van der Waals surface area contributed by atoms with Crippen molar-refractivity contribution in [1.29, 1.82) is 0 Å². The molecule has 4 nitrogen and oxygen atoms in total. The first-order valence-corrected chi connectivity index (χ1v) is 8.28. The molecule has 1 aliphatic heterocycles. The summed E-state index contributed by atoms with van der Waals surface area (Å²) < 4.78 is 5.15. The standard InChI is InChI=1S/C18H28N2O2.ClH/c1-19-12-9-16-10-13-20(14-11-16)18(21)8-5-15-3-6-17(22-2)7-4-15;/h3-4,6-7,16,19H,5,8-14H2,1-2H3;1H. The highest BCUT2D eigenvalue weighted by Gasteiger charge is 2.22. The van der Waals surface area contributed by atoms with Crippen molar-refractivity contribution in [3.05, 3.63) is 29.8 Å². The lowest BCUT2D eigenvalue weighted by Crippen LogP contribution is -2.39. The van der Waals surface area contributed by atoms with Crippen LogP contribution in [-0.4, -0.2) is 44.6 Å². The van der Waals surface area contributed by atoms with Gasteiger partial charge >= 0.3 is 0 Å². The van der Waals surface area contributed by atoms with E-state index in [0.717, 1.165) is 50.6 Å². The van der Waals surface area contributed by atoms with Crippen LogP contribution >= 0.6 is 12.4 Å². The molecule has 1 aromatic carbocycles. The molecule has 0 spiro atoms. The Morgan fingerprint density at radius 3 is 2.48 bits per heavy atom. The molecule has 0 saturated carbocycles. The van der Waals surface area contributed by atoms with E-state index in [-0.39, 0.29) is 12.4 Å². The Hall–Kier alpha value is -1.26. The monoisotopic (exact) mass is 340 g/mol. The molecule has 1 heterocycles. The molecule has 0 aliphatic carbocycles. The first-order valence-electron chi connectivity index (χ1n) is 8.28. The van der Waals surface area contributed by atoms with Gasteiger partial charge in [-0.1, -0.05) is 12.1 Å². The third kappa shape index (κ3) is 6.40. The summed E-state index contributed by atoms with van der Waals surface area (Å²) in [7, 11) is 3.66. The highest BCUT2D eigenvalue weighted by atomic mass is 35.5. The maximum absolute atomic E-state index is 12.3. The van der Waals surface area contributed by atoms with Crippen LogP contribution in [0.3, 0.4) is 0 Å². The summed E-state index contributed by atoms with van der Waals surface area (Å²) in [6, 6.07) is 7.98. The van der Waals surface area contributed by atoms with E-state index >= 15 is 0 Å². The number of nitrogens with one attached hydrogen (secondary N) is 1. The quantitative estimate of drug-likeness (QED) is 0.829. The number of ether oxygens (including phenoxy) is 1. The van der Waals surface area contributed by atoms with Crippen molar-refractivity contribution in [3.8, 4) is 5.75 Å². The molecule has 5 heteroatoms. The number of piperidine rings is 1. The highest BCUT2D eigenvalue weighted by Crippen LogP contribution is 2.21. The topological polar surface area (TPSA) is 41.6 Å². The van der Waals surface area contributed by atoms with Gasteiger partial charge in [-0.3, -0.25) is 4.79 Å². The maximum Gasteiger partial charge on any atom is 0.222 e. The number of halogens is 1. The van der Waals surface area contributed by atoms with Crippen LogP contribution in [0.4, 0.5) is 0 Å². The van der Waals surface area contributed by atoms with Crippen LogP contribution in [0, 0.1) is 5.92 Å². The normalized spacial score (nSPS) is 15.1. The summed E-state index contributed by atoms with van der Waals surface area (Å²) in [5.41, 5.74) is 1.19. The first-order chi connectivity index (χ1) is 10.7. The lowest BCUT2D eigenvalue weighted by atomic mass is 9.93. The number of methoxy groups -OCH3 is 1. The zero-order valence-electron chi connectivity index (χ0n) is 14.2. The molecule has 130 valence electrons. The molecule has 1 aliphatic rings. The number of amides is 1. The number of rotatable bonds is 7. The van der Waals surface area contributed by atoms with Crippen LogP contribution in [0.2, 0.25) is 0 Å². The molecule has 0 bridgehead atoms. The Balaban J connectivity index is 0.00000264. The SMILES string of the molecule is CNCCC1CCN(C(=O)CCc2ccc(OC)cc2)CC1.Cl. The molecule has 23 heavy (non-hydrogen) atoms. The number of aryl methyl sites for hydroxylation is 1. The van der Waals surface area contributed by atoms with Crippen LogP contribution in [0.15, 0.2) is 24.3 Å². The molecular weight excluding hydrogens is 312 g/mol. The average molecular weight is 341 g/mol. The van der Waals surface area contributed by atoms with Gasteiger partial charge in [-0.05, 0) is 62.9 Å². The van der Waals surface area contributed by atoms with Gasteiger partial charge in [0, 0.05) is 19.5 Å². The number of carbonyl (C=O) groups excluding carboxylic acids is 1. The average Bonchev–Trinajstić information content (AvgIpc) is 2.58. The molecule has 0 radical (unpaired) electrons. The predicted molar refractivity (Wildman–Crippen MR) is 96.4 cm³/mol. The predicted octanol–water partition coefficient (Wildman–Crippen LogP) is 2.90. The van der Waals surface area contributed by atoms with Gasteiger partial charge < -0.3 is 15.0 Å². The van der Waals surface area contributed by atoms with E-state index in [4.69, 9.17) is 4.74 Å². The van der Waals surface area contributed by atoms with Crippen molar-refractivity contribution < 1.29 is 9.53 Å². The van der Waals surface area contributed by atoms with Gasteiger partial charge in [-0.2, -0.15) is 0 Å². The Labute approximate surface area is 146 Å². The minimum Gasteiger partial charge on any atom is -0.497 e. The molecule has 1 aromatic rings. The number of benzene rings is 1. The second-order valence-electron chi connectivity index (χ2n) is 6.06. The zero-order chi connectivity index (χ0) is 15.8. The van der Waals surface area contributed by atoms with Crippen LogP contribution in [0.1, 0.15) is 31.2 Å². The van der Waals surface area contributed by atoms with Gasteiger partial charge in [0.1, 0.15) is 5.75 Å². The molecule has 0 atom stereocenters. The molecule has 1 saturated heterocycles. The minimum atomic E-state index is 0. The summed E-state index contributed by atoms with van der Waals surface area (Å²) in [6.45, 7) is 2.93. The second-order valence-corrected chi connectivity index (χ2v) is 6.06. The van der Waals surface area contributed by atoms with Crippen molar-refractivity contribution in [2.75, 3.05) is 33.8 Å². The summed E-state index contributed by atoms with van der Waals surface area (Å²) in [5.74, 6) is 1.93. The van der Waals surface area contributed by atoms with E-state index < -0.39 is 0 Å². The fourth-order valence-corrected chi connectivity index (χ4v) is 3.02. The molecular formula is C18H29ClN2O2. The van der Waals surface area contributed by atoms with E-state index in [1.54, 1.807) is 7.11 Å². The Bertz CT molecular complexity index is 457. The van der Waals surface area contributed by atoms with E-state index in [9.17, 15) is 4.79 Å². The van der Waals surface area contributed by atoms with E-state index in [1.807, 2.05) is 36.2 Å². The number of likely N-dealkylation sites (tertiary alicyclic amines) is 1. The second kappa shape index (κ2) is 10.5. The van der Waals surface area contributed by atoms with Gasteiger partial charge in [-0.25, -0.2) is 0 Å². The third-order valence-corrected chi connectivity index (χ3v) is 4.56. The minimum absolute atomic E-state index is 0. The van der Waals surface area contributed by atoms with E-state index in [2.05, 4.69) is 5.32 Å². The summed E-state index contributed by atoms with van der Waals surface area (Å²) in [4.78, 5) is 14.3. The Morgan fingerprint density at radius 2 is 1.91 bits per heavy atom. The van der Waals surface area contributed by atoms with E-state index in [1.165, 1.54) is 12.0 Å². The molecule has 0 aromatic heterocycles. The van der Waals surface area contributed by atoms with Crippen molar-refractivity contribution >= 4 is 18.3 Å². The zero-order valence-corrected chi connectivity index (χ0v) is 15.0. The summed E-state index contributed by atoms with van der Waals surface area (Å²) >= 11 is 0. The van der Waals surface area contributed by atoms with Crippen LogP contribution < -0.4 is 10.1 Å². The fraction of sp³-hybridized carbons (Fsp3) is 0.611. The molecule has 1 amide bonds. The number of carbonyl (C=O) groups is 1. The van der Waals surface area contributed by atoms with Crippen molar-refractivity contribution in [1.82, 2.24) is 10.2 Å². The smallest absolute Gasteiger partial charge is 0.222 e. The molecule has 1 fully saturated rings. The summed E-state index contributed by atoms with van der Waals surface area (Å²) in [5, 5.41) is 3.21. The van der Waals surface area contributed by atoms with Crippen LogP contribution in [0.25, 0.3) is 0 Å². The van der Waals surface area contributed by atoms with Gasteiger partial charge in [0.2, 0.25) is 5.91 Å². The fourth-order valence-electron chi connectivity index (χ4n) is 3.02. The first kappa shape index (κ1) is 19.8. The Morgan fingerprint density at radius 1 is 1.26 bits per heavy atom. The lowest BCUT2D eigenvalue weighted by molar-refractivity contribution is -0.132. The largest absolute Gasteiger partial charge is 0.497 e. The number of hydrogen-bond acceptors (Lipinski definition) is 3. The number of hydrogen-bond donors (Lipinski definition) is 1. The van der Waals surface area contributed by atoms with Crippen molar-refractivity contribution in [3.63, 3.8) is 0 Å². The van der Waals surface area contributed by atoms with Crippen LogP contribution in [0.5, 0.6) is 5.75 Å². The van der Waals surface area contributed by atoms with Crippen molar-refractivity contribution in [2.45, 2.75) is 32.1 Å². The highest BCUT2D eigenvalue weighted by molar-refractivity contribution is 5.85. The number of nitrogens with zero attached hydrogens (tertiary/aromatic N) is 1. The van der Waals surface area contributed by atoms with Gasteiger partial charge in [-0.15, -0.1) is 12.4 Å². The van der Waals surface area contributed by atoms with Crippen molar-refractivity contribution in [2.24, 2.45) is 5.92 Å². The molecule has 0 unspecified atom stereocenters. The van der Waals surface area contributed by atoms with Gasteiger partial charge in [0.05, 0.1) is 7.11 Å². The third-order valence-electron chi connectivity index (χ3n) is 4.56. The van der Waals surface area contributed by atoms with Crippen LogP contribution in [-0.2, 0) is 11.2 Å².